The predicted octanol–water partition coefficient (Wildman–Crippen LogP) is 3.15. The van der Waals surface area contributed by atoms with Gasteiger partial charge in [-0.05, 0) is 30.3 Å². The Morgan fingerprint density at radius 3 is 2.35 bits per heavy atom. The van der Waals surface area contributed by atoms with Crippen LogP contribution in [0.15, 0.2) is 39.6 Å². The van der Waals surface area contributed by atoms with Crippen LogP contribution in [0.1, 0.15) is 11.4 Å². The molecule has 9 heteroatoms. The number of hydrogen-bond donors (Lipinski definition) is 1. The van der Waals surface area contributed by atoms with Crippen LogP contribution in [0.25, 0.3) is 0 Å². The first-order valence-electron chi connectivity index (χ1n) is 6.66. The fourth-order valence-corrected chi connectivity index (χ4v) is 3.03. The normalized spacial score (nSPS) is 14.3. The second-order valence-corrected chi connectivity index (χ2v) is 7.59. The number of anilines is 1. The Morgan fingerprint density at radius 1 is 1.26 bits per heavy atom. The standard InChI is InChI=1S/C14H17F3N4OS/c1-21(2)11-4-6-12(7-5-11)23(3,22)18-9-10-8-13(20-19-10)14(15,16)17/h4-8H,9H2,1-3H3,(H,19,20). The van der Waals surface area contributed by atoms with Gasteiger partial charge in [-0.15, -0.1) is 0 Å². The summed E-state index contributed by atoms with van der Waals surface area (Å²) in [6.45, 7) is -0.131. The third kappa shape index (κ3) is 4.25. The second-order valence-electron chi connectivity index (χ2n) is 5.25. The number of halogens is 3. The number of rotatable bonds is 4. The maximum Gasteiger partial charge on any atom is 0.435 e. The average Bonchev–Trinajstić information content (AvgIpc) is 2.94. The first-order chi connectivity index (χ1) is 10.6. The van der Waals surface area contributed by atoms with E-state index in [2.05, 4.69) is 14.6 Å². The number of hydrogen-bond acceptors (Lipinski definition) is 4. The number of H-pyrrole nitrogens is 1. The zero-order chi connectivity index (χ0) is 17.3. The minimum atomic E-state index is -4.51. The molecule has 1 unspecified atom stereocenters. The number of nitrogens with zero attached hydrogens (tertiary/aromatic N) is 3. The van der Waals surface area contributed by atoms with E-state index in [-0.39, 0.29) is 12.2 Å². The summed E-state index contributed by atoms with van der Waals surface area (Å²) in [6.07, 6.45) is -3.05. The van der Waals surface area contributed by atoms with E-state index in [0.717, 1.165) is 11.8 Å². The van der Waals surface area contributed by atoms with Gasteiger partial charge in [0.2, 0.25) is 0 Å². The van der Waals surface area contributed by atoms with E-state index in [1.807, 2.05) is 31.1 Å². The van der Waals surface area contributed by atoms with Crippen LogP contribution in [0, 0.1) is 0 Å². The highest BCUT2D eigenvalue weighted by molar-refractivity contribution is 7.93. The second kappa shape index (κ2) is 6.23. The maximum absolute atomic E-state index is 12.6. The highest BCUT2D eigenvalue weighted by Gasteiger charge is 2.33. The fraction of sp³-hybridized carbons (Fsp3) is 0.357. The van der Waals surface area contributed by atoms with Gasteiger partial charge in [0, 0.05) is 30.9 Å². The van der Waals surface area contributed by atoms with Gasteiger partial charge < -0.3 is 4.90 Å². The topological polar surface area (TPSA) is 61.4 Å². The van der Waals surface area contributed by atoms with Crippen molar-refractivity contribution in [2.24, 2.45) is 4.36 Å². The molecule has 0 bridgehead atoms. The van der Waals surface area contributed by atoms with Crippen molar-refractivity contribution in [3.63, 3.8) is 0 Å². The molecule has 0 fully saturated rings. The molecule has 0 amide bonds. The SMILES string of the molecule is CN(C)c1ccc(S(C)(=O)=NCc2cc(C(F)(F)F)n[nH]2)cc1. The van der Waals surface area contributed by atoms with Gasteiger partial charge in [-0.1, -0.05) is 0 Å². The summed E-state index contributed by atoms with van der Waals surface area (Å²) in [5.74, 6) is 0. The molecule has 1 N–H and O–H groups in total. The molecule has 2 rings (SSSR count). The molecule has 0 aliphatic carbocycles. The van der Waals surface area contributed by atoms with E-state index < -0.39 is 21.6 Å². The lowest BCUT2D eigenvalue weighted by Gasteiger charge is -2.13. The van der Waals surface area contributed by atoms with Gasteiger partial charge in [0.1, 0.15) is 0 Å². The zero-order valence-corrected chi connectivity index (χ0v) is 13.7. The first kappa shape index (κ1) is 17.3. The summed E-state index contributed by atoms with van der Waals surface area (Å²) < 4.78 is 54.1. The first-order valence-corrected chi connectivity index (χ1v) is 8.59. The summed E-state index contributed by atoms with van der Waals surface area (Å²) in [6, 6.07) is 7.90. The van der Waals surface area contributed by atoms with E-state index >= 15 is 0 Å². The van der Waals surface area contributed by atoms with Crippen LogP contribution in [0.5, 0.6) is 0 Å². The van der Waals surface area contributed by atoms with Crippen molar-refractivity contribution < 1.29 is 17.4 Å². The van der Waals surface area contributed by atoms with Gasteiger partial charge in [0.15, 0.2) is 5.69 Å². The van der Waals surface area contributed by atoms with Gasteiger partial charge in [-0.25, -0.2) is 8.57 Å². The largest absolute Gasteiger partial charge is 0.435 e. The van der Waals surface area contributed by atoms with Gasteiger partial charge in [-0.3, -0.25) is 5.10 Å². The molecule has 1 heterocycles. The summed E-state index contributed by atoms with van der Waals surface area (Å²) in [5, 5.41) is 5.45. The smallest absolute Gasteiger partial charge is 0.378 e. The van der Waals surface area contributed by atoms with Crippen LogP contribution in [0.4, 0.5) is 18.9 Å². The van der Waals surface area contributed by atoms with Crippen molar-refractivity contribution in [3.05, 3.63) is 41.7 Å². The zero-order valence-electron chi connectivity index (χ0n) is 12.9. The number of benzene rings is 1. The molecule has 0 aliphatic rings. The fourth-order valence-electron chi connectivity index (χ4n) is 1.85. The molecule has 0 saturated heterocycles. The monoisotopic (exact) mass is 346 g/mol. The highest BCUT2D eigenvalue weighted by Crippen LogP contribution is 2.28. The third-order valence-electron chi connectivity index (χ3n) is 3.19. The minimum Gasteiger partial charge on any atom is -0.378 e. The van der Waals surface area contributed by atoms with E-state index in [4.69, 9.17) is 0 Å². The lowest BCUT2D eigenvalue weighted by molar-refractivity contribution is -0.141. The van der Waals surface area contributed by atoms with Crippen molar-refractivity contribution in [1.29, 1.82) is 0 Å². The maximum atomic E-state index is 12.6. The molecule has 0 saturated carbocycles. The van der Waals surface area contributed by atoms with Crippen molar-refractivity contribution in [1.82, 2.24) is 10.2 Å². The summed E-state index contributed by atoms with van der Waals surface area (Å²) in [5.41, 5.74) is 0.102. The molecule has 0 radical (unpaired) electrons. The Morgan fingerprint density at radius 2 is 1.87 bits per heavy atom. The molecule has 23 heavy (non-hydrogen) atoms. The van der Waals surface area contributed by atoms with Crippen LogP contribution >= 0.6 is 0 Å². The van der Waals surface area contributed by atoms with Gasteiger partial charge in [-0.2, -0.15) is 18.3 Å². The number of aromatic amines is 1. The molecule has 5 nitrogen and oxygen atoms in total. The van der Waals surface area contributed by atoms with Crippen LogP contribution in [-0.2, 0) is 22.5 Å². The van der Waals surface area contributed by atoms with E-state index in [9.17, 15) is 17.4 Å². The number of aromatic nitrogens is 2. The average molecular weight is 346 g/mol. The van der Waals surface area contributed by atoms with Crippen LogP contribution in [0.2, 0.25) is 0 Å². The van der Waals surface area contributed by atoms with Crippen LogP contribution in [0.3, 0.4) is 0 Å². The Balaban J connectivity index is 2.20. The Kier molecular flexibility index (Phi) is 4.69. The molecular weight excluding hydrogens is 329 g/mol. The van der Waals surface area contributed by atoms with Crippen LogP contribution < -0.4 is 4.90 Å². The molecule has 1 aromatic heterocycles. The van der Waals surface area contributed by atoms with E-state index in [1.165, 1.54) is 6.26 Å². The van der Waals surface area contributed by atoms with Gasteiger partial charge >= 0.3 is 6.18 Å². The third-order valence-corrected chi connectivity index (χ3v) is 4.96. The van der Waals surface area contributed by atoms with Gasteiger partial charge in [0.05, 0.1) is 22.0 Å². The van der Waals surface area contributed by atoms with Crippen molar-refractivity contribution >= 4 is 15.4 Å². The molecular formula is C14H17F3N4OS. The minimum absolute atomic E-state index is 0.131. The Labute approximate surface area is 132 Å². The highest BCUT2D eigenvalue weighted by atomic mass is 32.2. The summed E-state index contributed by atoms with van der Waals surface area (Å²) in [7, 11) is 1.08. The van der Waals surface area contributed by atoms with Gasteiger partial charge in [0.25, 0.3) is 0 Å². The molecule has 1 atom stereocenters. The summed E-state index contributed by atoms with van der Waals surface area (Å²) in [4.78, 5) is 2.43. The molecule has 0 spiro atoms. The molecule has 0 aliphatic heterocycles. The molecule has 1 aromatic carbocycles. The number of nitrogens with one attached hydrogen (secondary N) is 1. The van der Waals surface area contributed by atoms with Crippen LogP contribution in [-0.4, -0.2) is 34.8 Å². The lowest BCUT2D eigenvalue weighted by atomic mass is 10.3. The Hall–Kier alpha value is -2.03. The van der Waals surface area contributed by atoms with Crippen molar-refractivity contribution in [3.8, 4) is 0 Å². The number of alkyl halides is 3. The predicted molar refractivity (Wildman–Crippen MR) is 82.8 cm³/mol. The summed E-state index contributed by atoms with van der Waals surface area (Å²) >= 11 is 0. The van der Waals surface area contributed by atoms with Crippen molar-refractivity contribution in [2.75, 3.05) is 25.3 Å². The van der Waals surface area contributed by atoms with E-state index in [1.54, 1.807) is 12.1 Å². The molecule has 2 aromatic rings. The quantitative estimate of drug-likeness (QED) is 0.925. The van der Waals surface area contributed by atoms with E-state index in [0.29, 0.717) is 4.90 Å². The lowest BCUT2D eigenvalue weighted by Crippen LogP contribution is -2.08. The molecule has 126 valence electrons. The Bertz CT molecular complexity index is 787. The van der Waals surface area contributed by atoms with Crippen molar-refractivity contribution in [2.45, 2.75) is 17.6 Å².